The zero-order chi connectivity index (χ0) is 12.5. The first kappa shape index (κ1) is 11.6. The zero-order valence-corrected chi connectivity index (χ0v) is 11.1. The van der Waals surface area contributed by atoms with Crippen LogP contribution in [0.4, 0.5) is 5.69 Å². The van der Waals surface area contributed by atoms with Crippen molar-refractivity contribution in [3.63, 3.8) is 0 Å². The van der Waals surface area contributed by atoms with Gasteiger partial charge < -0.3 is 10.1 Å². The molecule has 3 rings (SSSR count). The Kier molecular flexibility index (Phi) is 2.98. The molecule has 1 unspecified atom stereocenters. The molecule has 0 bridgehead atoms. The van der Waals surface area contributed by atoms with Gasteiger partial charge in [-0.25, -0.2) is 4.99 Å². The molecule has 0 radical (unpaired) electrons. The number of para-hydroxylation sites is 1. The Morgan fingerprint density at radius 1 is 1.39 bits per heavy atom. The minimum atomic E-state index is 0.305. The van der Waals surface area contributed by atoms with E-state index in [1.54, 1.807) is 0 Å². The van der Waals surface area contributed by atoms with Crippen molar-refractivity contribution in [1.29, 1.82) is 0 Å². The summed E-state index contributed by atoms with van der Waals surface area (Å²) in [6.07, 6.45) is 2.36. The zero-order valence-electron chi connectivity index (χ0n) is 11.1. The molecule has 1 atom stereocenters. The third-order valence-electron chi connectivity index (χ3n) is 3.75. The van der Waals surface area contributed by atoms with Crippen LogP contribution in [0.1, 0.15) is 31.4 Å². The molecular weight excluding hydrogens is 224 g/mol. The maximum Gasteiger partial charge on any atom is 0.218 e. The first-order valence-electron chi connectivity index (χ1n) is 6.82. The second-order valence-electron chi connectivity index (χ2n) is 5.43. The standard InChI is InChI=1S/C15H20N2O/c1-10(2)13-9-18-15(17-13)12-7-3-5-11-6-4-8-16-14(11)12/h3,5,7,10,13,16H,4,6,8-9H2,1-2H3. The second-order valence-corrected chi connectivity index (χ2v) is 5.43. The molecule has 3 heteroatoms. The van der Waals surface area contributed by atoms with Gasteiger partial charge in [0.1, 0.15) is 6.61 Å². The number of nitrogens with zero attached hydrogens (tertiary/aromatic N) is 1. The predicted octanol–water partition coefficient (Wildman–Crippen LogP) is 2.85. The van der Waals surface area contributed by atoms with Crippen molar-refractivity contribution in [1.82, 2.24) is 0 Å². The quantitative estimate of drug-likeness (QED) is 0.868. The number of fused-ring (bicyclic) bond motifs is 1. The topological polar surface area (TPSA) is 33.6 Å². The van der Waals surface area contributed by atoms with Crippen molar-refractivity contribution in [2.24, 2.45) is 10.9 Å². The van der Waals surface area contributed by atoms with Gasteiger partial charge in [0, 0.05) is 6.54 Å². The lowest BCUT2D eigenvalue weighted by molar-refractivity contribution is 0.292. The third kappa shape index (κ3) is 1.98. The molecule has 96 valence electrons. The van der Waals surface area contributed by atoms with Crippen LogP contribution in [0.2, 0.25) is 0 Å². The lowest BCUT2D eigenvalue weighted by Crippen LogP contribution is -2.16. The molecule has 2 aliphatic rings. The highest BCUT2D eigenvalue weighted by Gasteiger charge is 2.25. The van der Waals surface area contributed by atoms with E-state index in [2.05, 4.69) is 37.4 Å². The van der Waals surface area contributed by atoms with Crippen LogP contribution in [0, 0.1) is 5.92 Å². The van der Waals surface area contributed by atoms with Crippen molar-refractivity contribution in [3.05, 3.63) is 29.3 Å². The molecule has 0 amide bonds. The molecule has 0 aliphatic carbocycles. The van der Waals surface area contributed by atoms with E-state index < -0.39 is 0 Å². The monoisotopic (exact) mass is 244 g/mol. The lowest BCUT2D eigenvalue weighted by atomic mass is 9.99. The number of ether oxygens (including phenoxy) is 1. The van der Waals surface area contributed by atoms with Crippen molar-refractivity contribution in [3.8, 4) is 0 Å². The molecule has 0 aromatic heterocycles. The van der Waals surface area contributed by atoms with Gasteiger partial charge in [-0.05, 0) is 30.4 Å². The Hall–Kier alpha value is -1.51. The summed E-state index contributed by atoms with van der Waals surface area (Å²) in [7, 11) is 0. The largest absolute Gasteiger partial charge is 0.475 e. The smallest absolute Gasteiger partial charge is 0.218 e. The molecule has 0 fully saturated rings. The normalized spacial score (nSPS) is 22.2. The average Bonchev–Trinajstić information content (AvgIpc) is 2.87. The highest BCUT2D eigenvalue weighted by atomic mass is 16.5. The number of nitrogens with one attached hydrogen (secondary N) is 1. The van der Waals surface area contributed by atoms with Gasteiger partial charge in [-0.1, -0.05) is 26.0 Å². The molecule has 18 heavy (non-hydrogen) atoms. The van der Waals surface area contributed by atoms with Gasteiger partial charge in [-0.3, -0.25) is 0 Å². The van der Waals surface area contributed by atoms with E-state index in [1.807, 2.05) is 0 Å². The summed E-state index contributed by atoms with van der Waals surface area (Å²) in [5, 5.41) is 3.49. The molecule has 0 saturated heterocycles. The van der Waals surface area contributed by atoms with Crippen molar-refractivity contribution >= 4 is 11.6 Å². The minimum absolute atomic E-state index is 0.305. The maximum absolute atomic E-state index is 5.79. The second kappa shape index (κ2) is 4.63. The van der Waals surface area contributed by atoms with Crippen LogP contribution in [0.5, 0.6) is 0 Å². The highest BCUT2D eigenvalue weighted by Crippen LogP contribution is 2.29. The number of hydrogen-bond acceptors (Lipinski definition) is 3. The van der Waals surface area contributed by atoms with Gasteiger partial charge in [0.15, 0.2) is 0 Å². The van der Waals surface area contributed by atoms with Crippen LogP contribution >= 0.6 is 0 Å². The van der Waals surface area contributed by atoms with Gasteiger partial charge in [0.2, 0.25) is 5.90 Å². The Morgan fingerprint density at radius 3 is 3.06 bits per heavy atom. The summed E-state index contributed by atoms with van der Waals surface area (Å²) in [5.41, 5.74) is 3.75. The van der Waals surface area contributed by atoms with E-state index in [4.69, 9.17) is 9.73 Å². The van der Waals surface area contributed by atoms with Crippen LogP contribution < -0.4 is 5.32 Å². The van der Waals surface area contributed by atoms with Gasteiger partial charge in [0.25, 0.3) is 0 Å². The van der Waals surface area contributed by atoms with E-state index in [-0.39, 0.29) is 0 Å². The summed E-state index contributed by atoms with van der Waals surface area (Å²) < 4.78 is 5.79. The Labute approximate surface area is 108 Å². The molecule has 1 aromatic carbocycles. The number of hydrogen-bond donors (Lipinski definition) is 1. The number of benzene rings is 1. The van der Waals surface area contributed by atoms with Gasteiger partial charge in [-0.15, -0.1) is 0 Å². The van der Waals surface area contributed by atoms with Crippen LogP contribution in [-0.2, 0) is 11.2 Å². The summed E-state index contributed by atoms with van der Waals surface area (Å²) in [5.74, 6) is 1.36. The Morgan fingerprint density at radius 2 is 2.28 bits per heavy atom. The van der Waals surface area contributed by atoms with Gasteiger partial charge in [-0.2, -0.15) is 0 Å². The van der Waals surface area contributed by atoms with E-state index in [0.717, 1.165) is 31.0 Å². The lowest BCUT2D eigenvalue weighted by Gasteiger charge is -2.20. The maximum atomic E-state index is 5.79. The fraction of sp³-hybridized carbons (Fsp3) is 0.533. The summed E-state index contributed by atoms with van der Waals surface area (Å²) in [6, 6.07) is 6.72. The predicted molar refractivity (Wildman–Crippen MR) is 74.4 cm³/mol. The summed E-state index contributed by atoms with van der Waals surface area (Å²) >= 11 is 0. The first-order chi connectivity index (χ1) is 8.75. The van der Waals surface area contributed by atoms with Crippen molar-refractivity contribution in [2.45, 2.75) is 32.7 Å². The summed E-state index contributed by atoms with van der Waals surface area (Å²) in [6.45, 7) is 6.15. The van der Waals surface area contributed by atoms with Crippen LogP contribution in [0.3, 0.4) is 0 Å². The number of anilines is 1. The van der Waals surface area contributed by atoms with Crippen LogP contribution in [0.25, 0.3) is 0 Å². The van der Waals surface area contributed by atoms with E-state index in [0.29, 0.717) is 12.0 Å². The molecule has 2 heterocycles. The third-order valence-corrected chi connectivity index (χ3v) is 3.75. The molecular formula is C15H20N2O. The molecule has 0 saturated carbocycles. The number of rotatable bonds is 2. The molecule has 3 nitrogen and oxygen atoms in total. The molecule has 1 aromatic rings. The van der Waals surface area contributed by atoms with Crippen molar-refractivity contribution in [2.75, 3.05) is 18.5 Å². The molecule has 1 N–H and O–H groups in total. The van der Waals surface area contributed by atoms with E-state index in [9.17, 15) is 0 Å². The van der Waals surface area contributed by atoms with Gasteiger partial charge >= 0.3 is 0 Å². The number of aryl methyl sites for hydroxylation is 1. The first-order valence-corrected chi connectivity index (χ1v) is 6.82. The SMILES string of the molecule is CC(C)C1COC(c2cccc3c2NCCC3)=N1. The van der Waals surface area contributed by atoms with Crippen LogP contribution in [0.15, 0.2) is 23.2 Å². The number of aliphatic imine (C=N–C) groups is 1. The van der Waals surface area contributed by atoms with E-state index >= 15 is 0 Å². The fourth-order valence-electron chi connectivity index (χ4n) is 2.57. The highest BCUT2D eigenvalue weighted by molar-refractivity contribution is 6.01. The Balaban J connectivity index is 1.96. The van der Waals surface area contributed by atoms with E-state index in [1.165, 1.54) is 17.7 Å². The van der Waals surface area contributed by atoms with Crippen LogP contribution in [-0.4, -0.2) is 25.1 Å². The summed E-state index contributed by atoms with van der Waals surface area (Å²) in [4.78, 5) is 4.72. The Bertz CT molecular complexity index is 479. The molecule has 2 aliphatic heterocycles. The van der Waals surface area contributed by atoms with Gasteiger partial charge in [0.05, 0.1) is 17.3 Å². The van der Waals surface area contributed by atoms with Crippen molar-refractivity contribution < 1.29 is 4.74 Å². The average molecular weight is 244 g/mol. The fourth-order valence-corrected chi connectivity index (χ4v) is 2.57. The molecule has 0 spiro atoms. The minimum Gasteiger partial charge on any atom is -0.475 e.